The number of rotatable bonds is 7. The summed E-state index contributed by atoms with van der Waals surface area (Å²) < 4.78 is 0. The van der Waals surface area contributed by atoms with E-state index in [1.807, 2.05) is 26.0 Å². The van der Waals surface area contributed by atoms with Gasteiger partial charge in [0.2, 0.25) is 5.91 Å². The second-order valence-electron chi connectivity index (χ2n) is 7.81. The average Bonchev–Trinajstić information content (AvgIpc) is 2.94. The van der Waals surface area contributed by atoms with Crippen molar-refractivity contribution in [3.8, 4) is 11.1 Å². The standard InChI is InChI=1S/C23H27NO3/c1-14(2)13-20(23(26)27)24-21(25)12-11-17-16-8-4-5-9-18(16)22-15(3)7-6-10-19(17)22/h4-10,14,17,20H,11-13H2,1-3H3,(H,24,25)(H,26,27)/t17?,20-/m0/s1. The van der Waals surface area contributed by atoms with Crippen molar-refractivity contribution in [1.29, 1.82) is 0 Å². The highest BCUT2D eigenvalue weighted by Gasteiger charge is 2.30. The van der Waals surface area contributed by atoms with Gasteiger partial charge in [0.1, 0.15) is 6.04 Å². The minimum absolute atomic E-state index is 0.176. The Bertz CT molecular complexity index is 856. The van der Waals surface area contributed by atoms with Crippen LogP contribution in [0, 0.1) is 12.8 Å². The Hall–Kier alpha value is -2.62. The van der Waals surface area contributed by atoms with Crippen LogP contribution in [-0.4, -0.2) is 23.0 Å². The Kier molecular flexibility index (Phi) is 5.64. The molecular formula is C23H27NO3. The summed E-state index contributed by atoms with van der Waals surface area (Å²) in [6.07, 6.45) is 1.43. The Morgan fingerprint density at radius 1 is 1.07 bits per heavy atom. The summed E-state index contributed by atoms with van der Waals surface area (Å²) in [7, 11) is 0. The van der Waals surface area contributed by atoms with Gasteiger partial charge >= 0.3 is 5.97 Å². The van der Waals surface area contributed by atoms with E-state index in [0.29, 0.717) is 19.3 Å². The molecular weight excluding hydrogens is 338 g/mol. The van der Waals surface area contributed by atoms with Crippen molar-refractivity contribution in [1.82, 2.24) is 5.32 Å². The van der Waals surface area contributed by atoms with E-state index >= 15 is 0 Å². The van der Waals surface area contributed by atoms with Gasteiger partial charge in [-0.05, 0) is 53.5 Å². The van der Waals surface area contributed by atoms with Gasteiger partial charge in [0.05, 0.1) is 0 Å². The Morgan fingerprint density at radius 3 is 2.48 bits per heavy atom. The number of hydrogen-bond acceptors (Lipinski definition) is 2. The first kappa shape index (κ1) is 19.2. The molecule has 0 spiro atoms. The maximum Gasteiger partial charge on any atom is 0.326 e. The molecule has 1 aliphatic carbocycles. The maximum absolute atomic E-state index is 12.4. The summed E-state index contributed by atoms with van der Waals surface area (Å²) >= 11 is 0. The number of carboxylic acids is 1. The molecule has 2 aromatic rings. The van der Waals surface area contributed by atoms with Crippen LogP contribution in [0.1, 0.15) is 55.7 Å². The number of aryl methyl sites for hydroxylation is 1. The van der Waals surface area contributed by atoms with E-state index in [1.54, 1.807) is 0 Å². The monoisotopic (exact) mass is 365 g/mol. The van der Waals surface area contributed by atoms with Crippen LogP contribution in [0.4, 0.5) is 0 Å². The predicted octanol–water partition coefficient (Wildman–Crippen LogP) is 4.50. The molecule has 0 heterocycles. The zero-order valence-electron chi connectivity index (χ0n) is 16.2. The number of amides is 1. The van der Waals surface area contributed by atoms with E-state index in [9.17, 15) is 14.7 Å². The fourth-order valence-corrected chi connectivity index (χ4v) is 4.09. The van der Waals surface area contributed by atoms with Gasteiger partial charge in [-0.1, -0.05) is 56.3 Å². The Morgan fingerprint density at radius 2 is 1.78 bits per heavy atom. The molecule has 142 valence electrons. The topological polar surface area (TPSA) is 66.4 Å². The van der Waals surface area contributed by atoms with E-state index in [1.165, 1.54) is 27.8 Å². The van der Waals surface area contributed by atoms with Crippen LogP contribution in [0.15, 0.2) is 42.5 Å². The van der Waals surface area contributed by atoms with Gasteiger partial charge in [-0.2, -0.15) is 0 Å². The van der Waals surface area contributed by atoms with Crippen molar-refractivity contribution >= 4 is 11.9 Å². The number of hydrogen-bond donors (Lipinski definition) is 2. The van der Waals surface area contributed by atoms with Gasteiger partial charge in [-0.25, -0.2) is 4.79 Å². The molecule has 3 rings (SSSR count). The lowest BCUT2D eigenvalue weighted by molar-refractivity contribution is -0.142. The smallest absolute Gasteiger partial charge is 0.326 e. The number of carbonyl (C=O) groups is 2. The molecule has 0 aromatic heterocycles. The Labute approximate surface area is 160 Å². The number of benzene rings is 2. The van der Waals surface area contributed by atoms with Crippen LogP contribution in [0.3, 0.4) is 0 Å². The summed E-state index contributed by atoms with van der Waals surface area (Å²) in [4.78, 5) is 23.8. The highest BCUT2D eigenvalue weighted by atomic mass is 16.4. The molecule has 2 atom stereocenters. The molecule has 0 radical (unpaired) electrons. The summed E-state index contributed by atoms with van der Waals surface area (Å²) in [5, 5.41) is 12.0. The highest BCUT2D eigenvalue weighted by Crippen LogP contribution is 2.47. The lowest BCUT2D eigenvalue weighted by Gasteiger charge is -2.18. The van der Waals surface area contributed by atoms with Crippen LogP contribution in [0.25, 0.3) is 11.1 Å². The minimum atomic E-state index is -0.968. The number of fused-ring (bicyclic) bond motifs is 3. The molecule has 2 aromatic carbocycles. The highest BCUT2D eigenvalue weighted by molar-refractivity contribution is 5.84. The summed E-state index contributed by atoms with van der Waals surface area (Å²) in [6, 6.07) is 13.9. The van der Waals surface area contributed by atoms with Crippen LogP contribution < -0.4 is 5.32 Å². The van der Waals surface area contributed by atoms with Crippen LogP contribution in [0.5, 0.6) is 0 Å². The number of carboxylic acid groups (broad SMARTS) is 1. The lowest BCUT2D eigenvalue weighted by atomic mass is 9.91. The summed E-state index contributed by atoms with van der Waals surface area (Å²) in [5.74, 6) is -0.774. The van der Waals surface area contributed by atoms with Crippen molar-refractivity contribution in [2.45, 2.75) is 52.0 Å². The van der Waals surface area contributed by atoms with Crippen molar-refractivity contribution < 1.29 is 14.7 Å². The van der Waals surface area contributed by atoms with Gasteiger partial charge in [-0.3, -0.25) is 4.79 Å². The zero-order valence-corrected chi connectivity index (χ0v) is 16.2. The molecule has 1 amide bonds. The van der Waals surface area contributed by atoms with E-state index in [-0.39, 0.29) is 17.7 Å². The maximum atomic E-state index is 12.4. The van der Waals surface area contributed by atoms with Gasteiger partial charge in [-0.15, -0.1) is 0 Å². The molecule has 0 saturated carbocycles. The second-order valence-corrected chi connectivity index (χ2v) is 7.81. The first-order chi connectivity index (χ1) is 12.9. The number of aliphatic carboxylic acids is 1. The summed E-state index contributed by atoms with van der Waals surface area (Å²) in [6.45, 7) is 6.03. The molecule has 27 heavy (non-hydrogen) atoms. The number of carbonyl (C=O) groups excluding carboxylic acids is 1. The molecule has 0 fully saturated rings. The molecule has 0 aliphatic heterocycles. The molecule has 2 N–H and O–H groups in total. The first-order valence-electron chi connectivity index (χ1n) is 9.59. The lowest BCUT2D eigenvalue weighted by Crippen LogP contribution is -2.41. The SMILES string of the molecule is Cc1cccc2c1-c1ccccc1C2CCC(=O)N[C@@H](CC(C)C)C(=O)O. The van der Waals surface area contributed by atoms with E-state index < -0.39 is 12.0 Å². The zero-order chi connectivity index (χ0) is 19.6. The third-order valence-corrected chi connectivity index (χ3v) is 5.29. The fraction of sp³-hybridized carbons (Fsp3) is 0.391. The molecule has 0 bridgehead atoms. The van der Waals surface area contributed by atoms with Crippen LogP contribution >= 0.6 is 0 Å². The minimum Gasteiger partial charge on any atom is -0.480 e. The fourth-order valence-electron chi connectivity index (χ4n) is 4.09. The van der Waals surface area contributed by atoms with E-state index in [0.717, 1.165) is 0 Å². The van der Waals surface area contributed by atoms with Crippen LogP contribution in [0.2, 0.25) is 0 Å². The molecule has 4 nitrogen and oxygen atoms in total. The third-order valence-electron chi connectivity index (χ3n) is 5.29. The second kappa shape index (κ2) is 7.95. The molecule has 1 aliphatic rings. The first-order valence-corrected chi connectivity index (χ1v) is 9.59. The predicted molar refractivity (Wildman–Crippen MR) is 107 cm³/mol. The van der Waals surface area contributed by atoms with Gasteiger partial charge in [0.25, 0.3) is 0 Å². The van der Waals surface area contributed by atoms with E-state index in [2.05, 4.69) is 42.6 Å². The van der Waals surface area contributed by atoms with Gasteiger partial charge in [0, 0.05) is 12.3 Å². The van der Waals surface area contributed by atoms with Crippen molar-refractivity contribution in [2.75, 3.05) is 0 Å². The largest absolute Gasteiger partial charge is 0.480 e. The number of nitrogens with one attached hydrogen (secondary N) is 1. The average molecular weight is 365 g/mol. The van der Waals surface area contributed by atoms with Gasteiger partial charge < -0.3 is 10.4 Å². The van der Waals surface area contributed by atoms with Crippen molar-refractivity contribution in [3.05, 3.63) is 59.2 Å². The van der Waals surface area contributed by atoms with Crippen molar-refractivity contribution in [2.24, 2.45) is 5.92 Å². The molecule has 1 unspecified atom stereocenters. The third kappa shape index (κ3) is 4.05. The Balaban J connectivity index is 1.74. The molecule has 0 saturated heterocycles. The van der Waals surface area contributed by atoms with Gasteiger partial charge in [0.15, 0.2) is 0 Å². The van der Waals surface area contributed by atoms with E-state index in [4.69, 9.17) is 0 Å². The van der Waals surface area contributed by atoms with Crippen LogP contribution in [-0.2, 0) is 9.59 Å². The summed E-state index contributed by atoms with van der Waals surface area (Å²) in [5.41, 5.74) is 6.29. The van der Waals surface area contributed by atoms with Crippen molar-refractivity contribution in [3.63, 3.8) is 0 Å². The molecule has 4 heteroatoms. The normalized spacial score (nSPS) is 15.9. The quantitative estimate of drug-likeness (QED) is 0.759.